The number of carbonyl (C=O) groups excluding carboxylic acids is 6. The fourth-order valence-electron chi connectivity index (χ4n) is 10.5. The van der Waals surface area contributed by atoms with E-state index in [2.05, 4.69) is 66.7 Å². The molecule has 4 amide bonds. The van der Waals surface area contributed by atoms with Gasteiger partial charge in [0.25, 0.3) is 23.2 Å². The predicted molar refractivity (Wildman–Crippen MR) is 418 cm³/mol. The molecule has 3 aliphatic carbocycles. The highest BCUT2D eigenvalue weighted by molar-refractivity contribution is 8.39. The molecular formula is C72H67N15O10S6. The molecule has 2 saturated heterocycles. The molecule has 25 nitrogen and oxygen atoms in total. The number of aldehydes is 1. The summed E-state index contributed by atoms with van der Waals surface area (Å²) in [5.41, 5.74) is 15.1. The van der Waals surface area contributed by atoms with E-state index in [1.165, 1.54) is 104 Å². The summed E-state index contributed by atoms with van der Waals surface area (Å²) in [5, 5.41) is 36.1. The third-order valence-electron chi connectivity index (χ3n) is 16.1. The molecule has 103 heavy (non-hydrogen) atoms. The Morgan fingerprint density at radius 2 is 1.23 bits per heavy atom. The number of thioether (sulfide) groups is 4. The predicted octanol–water partition coefficient (Wildman–Crippen LogP) is 14.4. The van der Waals surface area contributed by atoms with Crippen molar-refractivity contribution in [1.82, 2.24) is 38.9 Å². The first-order chi connectivity index (χ1) is 49.6. The number of nitrogens with two attached hydrogens (primary N) is 1. The van der Waals surface area contributed by atoms with E-state index in [0.717, 1.165) is 102 Å². The van der Waals surface area contributed by atoms with Crippen LogP contribution in [-0.2, 0) is 65.0 Å². The number of rotatable bonds is 11. The van der Waals surface area contributed by atoms with Gasteiger partial charge in [-0.05, 0) is 152 Å². The molecule has 0 radical (unpaired) electrons. The van der Waals surface area contributed by atoms with Crippen molar-refractivity contribution in [3.8, 4) is 0 Å². The molecule has 4 fully saturated rings. The fourth-order valence-corrected chi connectivity index (χ4v) is 14.9. The summed E-state index contributed by atoms with van der Waals surface area (Å²) < 4.78 is 9.02. The number of nitrogen functional groups attached to an aromatic ring is 1. The van der Waals surface area contributed by atoms with Crippen molar-refractivity contribution in [1.29, 1.82) is 0 Å². The van der Waals surface area contributed by atoms with Gasteiger partial charge in [-0.3, -0.25) is 49.0 Å². The summed E-state index contributed by atoms with van der Waals surface area (Å²) >= 11 is 8.43. The molecule has 11 aromatic rings. The van der Waals surface area contributed by atoms with Crippen LogP contribution in [0.2, 0.25) is 0 Å². The maximum Gasteiger partial charge on any atom is 0.270 e. The van der Waals surface area contributed by atoms with Gasteiger partial charge >= 0.3 is 0 Å². The zero-order valence-electron chi connectivity index (χ0n) is 56.1. The Morgan fingerprint density at radius 3 is 1.78 bits per heavy atom. The van der Waals surface area contributed by atoms with E-state index in [-0.39, 0.29) is 62.5 Å². The number of carbonyl (C=O) groups is 6. The van der Waals surface area contributed by atoms with Crippen LogP contribution in [0.1, 0.15) is 56.4 Å². The average molecular weight is 1490 g/mol. The maximum absolute atomic E-state index is 12.3. The molecule has 9 heterocycles. The summed E-state index contributed by atoms with van der Waals surface area (Å²) in [4.78, 5) is 110. The van der Waals surface area contributed by atoms with E-state index in [4.69, 9.17) is 5.73 Å². The van der Waals surface area contributed by atoms with Crippen LogP contribution in [0.4, 0.5) is 33.6 Å². The second-order valence-corrected chi connectivity index (χ2v) is 30.0. The smallest absolute Gasteiger partial charge is 0.270 e. The number of aliphatic imine (C=N–C) groups is 3. The largest absolute Gasteiger partial charge is 0.399 e. The van der Waals surface area contributed by atoms with Gasteiger partial charge in [0.15, 0.2) is 21.8 Å². The van der Waals surface area contributed by atoms with Crippen molar-refractivity contribution in [3.63, 3.8) is 0 Å². The number of nitrogens with one attached hydrogen (secondary N) is 3. The van der Waals surface area contributed by atoms with Crippen LogP contribution in [0.5, 0.6) is 0 Å². The Labute approximate surface area is 614 Å². The number of benzene rings is 5. The number of allylic oxidation sites excluding steroid dienone is 1. The Bertz CT molecular complexity index is 5260. The number of aryl methyl sites for hydroxylation is 4. The van der Waals surface area contributed by atoms with E-state index in [0.29, 0.717) is 43.2 Å². The Morgan fingerprint density at radius 1 is 0.670 bits per heavy atom. The molecule has 526 valence electrons. The second-order valence-electron chi connectivity index (χ2n) is 23.8. The molecule has 5 N–H and O–H groups in total. The first kappa shape index (κ1) is 73.6. The highest BCUT2D eigenvalue weighted by atomic mass is 32.2. The summed E-state index contributed by atoms with van der Waals surface area (Å²) in [6.45, 7) is 0. The number of non-ortho nitro benzene ring substituents is 2. The van der Waals surface area contributed by atoms with Crippen molar-refractivity contribution in [3.05, 3.63) is 210 Å². The summed E-state index contributed by atoms with van der Waals surface area (Å²) in [5.74, 6) is 1.54. The van der Waals surface area contributed by atoms with E-state index in [9.17, 15) is 49.0 Å². The topological polar surface area (TPSA) is 333 Å². The molecule has 0 spiro atoms. The number of anilines is 2. The van der Waals surface area contributed by atoms with Gasteiger partial charge in [0.1, 0.15) is 15.2 Å². The number of nitrogens with zero attached hydrogens (tertiary/aromatic N) is 11. The van der Waals surface area contributed by atoms with Gasteiger partial charge in [0.05, 0.1) is 53.8 Å². The summed E-state index contributed by atoms with van der Waals surface area (Å²) in [6, 6.07) is 35.7. The molecule has 6 aliphatic rings. The minimum Gasteiger partial charge on any atom is -0.399 e. The third-order valence-corrected chi connectivity index (χ3v) is 21.7. The minimum atomic E-state index is -0.382. The number of aromatic nitrogens is 6. The van der Waals surface area contributed by atoms with Crippen molar-refractivity contribution in [2.75, 3.05) is 28.8 Å². The minimum absolute atomic E-state index is 0.000602. The number of fused-ring (bicyclic) bond motifs is 5. The Kier molecular flexibility index (Phi) is 24.3. The van der Waals surface area contributed by atoms with Gasteiger partial charge in [-0.15, -0.1) is 23.1 Å². The molecule has 17 rings (SSSR count). The lowest BCUT2D eigenvalue weighted by Gasteiger charge is -1.99. The summed E-state index contributed by atoms with van der Waals surface area (Å²) in [7, 11) is 7.95. The molecule has 3 aliphatic heterocycles. The van der Waals surface area contributed by atoms with Crippen LogP contribution >= 0.6 is 69.7 Å². The van der Waals surface area contributed by atoms with Crippen molar-refractivity contribution < 1.29 is 38.6 Å². The van der Waals surface area contributed by atoms with E-state index < -0.39 is 0 Å². The number of thiazole rings is 2. The lowest BCUT2D eigenvalue weighted by atomic mass is 10.1. The Balaban J connectivity index is 0.000000126. The Hall–Kier alpha value is -10.6. The zero-order valence-corrected chi connectivity index (χ0v) is 61.0. The number of nitro groups is 2. The van der Waals surface area contributed by atoms with Crippen molar-refractivity contribution in [2.24, 2.45) is 55.0 Å². The van der Waals surface area contributed by atoms with Gasteiger partial charge in [0.2, 0.25) is 11.8 Å². The van der Waals surface area contributed by atoms with Crippen LogP contribution in [-0.4, -0.2) is 106 Å². The molecule has 2 saturated carbocycles. The van der Waals surface area contributed by atoms with Gasteiger partial charge < -0.3 is 40.0 Å². The maximum atomic E-state index is 12.3. The molecule has 31 heteroatoms. The van der Waals surface area contributed by atoms with Gasteiger partial charge in [-0.1, -0.05) is 53.1 Å². The standard InChI is InChI=1S/C20H17N5O2S2.C12H11N3OS.C9H8N2O2.C9H10N2.C9H9NO2S.C9H7NO2.C4H5NOS2/c1-25-7-6-12-8-13(4-5-15(12)25)22-20-24-18(27)16(29-20)9-14-10-21-19(28-14)23-17(26)11-2-3-11;1-15-5-4-8-6-9(2-3-10(8)15)13-12-14-11(16)7-17-12;1-10-5-4-7-6-8(11(12)13)2-3-9(7)10;1-11-5-4-7-6-8(10)2-3-9(7)11;11-5-7-4-10-9(13-7)3-8(12)6-1-2-6;11-10(12)9-5-4-7-2-1-3-8(7)6-9;1-7-4-5-3(6)2-8-4/h4-11H,2-3H2,1H3,(H,21,23,26)(H,22,24,27);2-6H,7H2,1H3,(H,13,14,16);2-6H,1H3;2-6H,10H2,1H3;4-6H,1-3H2;1,3-6H,2H2;2H2,1H3/b16-9-;;;;;;. The highest BCUT2D eigenvalue weighted by Gasteiger charge is 2.31. The van der Waals surface area contributed by atoms with Crippen LogP contribution in [0.15, 0.2) is 178 Å². The number of Topliss-reactive ketones (excluding diaryl/α,β-unsaturated/α-hetero) is 1. The van der Waals surface area contributed by atoms with Crippen LogP contribution in [0.3, 0.4) is 0 Å². The number of ketones is 1. The van der Waals surface area contributed by atoms with Crippen molar-refractivity contribution >= 4 is 209 Å². The molecule has 5 aromatic carbocycles. The SMILES string of the molecule is CSC1=NC(=O)CS1.Cn1ccc2cc(N)ccc21.Cn1ccc2cc(N=C3NC(=O)/C(=C/c4cnc(NC(=O)C5CC5)s4)S3)ccc21.Cn1ccc2cc(N=C3NC(=O)CS3)ccc21.Cn1ccc2cc([N+](=O)[O-])ccc21.O=Cc1cnc(CC(=O)C2CC2)s1.O=[N+]([O-])c1ccc2c(c1)C=CC2. The molecule has 0 unspecified atom stereocenters. The van der Waals surface area contributed by atoms with Crippen molar-refractivity contribution in [2.45, 2.75) is 38.5 Å². The van der Waals surface area contributed by atoms with Crippen LogP contribution in [0, 0.1) is 32.1 Å². The number of nitro benzene ring substituents is 2. The molecule has 0 bridgehead atoms. The summed E-state index contributed by atoms with van der Waals surface area (Å²) in [6.07, 6.45) is 24.8. The highest BCUT2D eigenvalue weighted by Crippen LogP contribution is 2.35. The van der Waals surface area contributed by atoms with Gasteiger partial charge in [-0.2, -0.15) is 4.99 Å². The van der Waals surface area contributed by atoms with E-state index in [1.54, 1.807) is 36.5 Å². The molecule has 6 aromatic heterocycles. The first-order valence-electron chi connectivity index (χ1n) is 31.9. The first-order valence-corrected chi connectivity index (χ1v) is 37.6. The monoisotopic (exact) mass is 1490 g/mol. The van der Waals surface area contributed by atoms with Gasteiger partial charge in [-0.25, -0.2) is 20.0 Å². The quantitative estimate of drug-likeness (QED) is 0.0307. The number of hydrogen-bond acceptors (Lipinski definition) is 21. The lowest BCUT2D eigenvalue weighted by molar-refractivity contribution is -0.385. The average Bonchev–Trinajstić information content (AvgIpc) is 1.90. The van der Waals surface area contributed by atoms with Crippen LogP contribution in [0.25, 0.3) is 55.8 Å². The lowest BCUT2D eigenvalue weighted by Crippen LogP contribution is -2.19. The number of amidine groups is 2. The fraction of sp³-hybridized carbons (Fsp3) is 0.208. The number of hydrogen-bond donors (Lipinski definition) is 4. The molecular weight excluding hydrogens is 1430 g/mol. The van der Waals surface area contributed by atoms with Crippen LogP contribution < -0.4 is 21.7 Å². The van der Waals surface area contributed by atoms with E-state index >= 15 is 0 Å². The third kappa shape index (κ3) is 20.2. The second kappa shape index (κ2) is 33.9. The van der Waals surface area contributed by atoms with E-state index in [1.807, 2.05) is 149 Å². The number of amides is 4. The normalized spacial score (nSPS) is 15.8. The molecule has 0 atom stereocenters. The van der Waals surface area contributed by atoms with Gasteiger partial charge in [0, 0.05) is 151 Å². The zero-order chi connectivity index (χ0) is 72.8.